The molecule has 0 amide bonds. The molecule has 2 N–H and O–H groups in total. The molecule has 0 radical (unpaired) electrons. The maximum Gasteiger partial charge on any atom is 0.237 e. The van der Waals surface area contributed by atoms with Gasteiger partial charge in [0.2, 0.25) is 5.88 Å². The van der Waals surface area contributed by atoms with Gasteiger partial charge in [0.05, 0.1) is 19.0 Å². The zero-order valence-electron chi connectivity index (χ0n) is 8.75. The summed E-state index contributed by atoms with van der Waals surface area (Å²) in [5.74, 6) is 1.60. The molecule has 16 heavy (non-hydrogen) atoms. The van der Waals surface area contributed by atoms with E-state index in [1.165, 1.54) is 6.20 Å². The van der Waals surface area contributed by atoms with E-state index in [9.17, 15) is 0 Å². The van der Waals surface area contributed by atoms with E-state index in [-0.39, 0.29) is 0 Å². The lowest BCUT2D eigenvalue weighted by Crippen LogP contribution is -1.93. The quantitative estimate of drug-likeness (QED) is 0.794. The monoisotopic (exact) mass is 217 g/mol. The van der Waals surface area contributed by atoms with Gasteiger partial charge in [-0.25, -0.2) is 4.98 Å². The summed E-state index contributed by atoms with van der Waals surface area (Å²) in [4.78, 5) is 7.89. The molecule has 0 aliphatic rings. The summed E-state index contributed by atoms with van der Waals surface area (Å²) in [7, 11) is 1.55. The molecule has 5 heteroatoms. The van der Waals surface area contributed by atoms with Crippen molar-refractivity contribution in [3.05, 3.63) is 36.8 Å². The molecule has 0 aliphatic heterocycles. The molecule has 0 saturated heterocycles. The zero-order chi connectivity index (χ0) is 11.4. The van der Waals surface area contributed by atoms with Crippen molar-refractivity contribution in [1.29, 1.82) is 0 Å². The van der Waals surface area contributed by atoms with Gasteiger partial charge in [-0.15, -0.1) is 0 Å². The minimum Gasteiger partial charge on any atom is -0.494 e. The lowest BCUT2D eigenvalue weighted by atomic mass is 10.3. The number of nitrogens with two attached hydrogens (primary N) is 1. The highest BCUT2D eigenvalue weighted by molar-refractivity contribution is 5.55. The van der Waals surface area contributed by atoms with Crippen molar-refractivity contribution in [3.63, 3.8) is 0 Å². The normalized spacial score (nSPS) is 9.81. The fraction of sp³-hybridized carbons (Fsp3) is 0.0909. The van der Waals surface area contributed by atoms with Gasteiger partial charge in [-0.2, -0.15) is 0 Å². The fourth-order valence-electron chi connectivity index (χ4n) is 1.21. The first-order valence-electron chi connectivity index (χ1n) is 4.67. The van der Waals surface area contributed by atoms with Crippen molar-refractivity contribution in [2.45, 2.75) is 0 Å². The number of aromatic nitrogens is 2. The van der Waals surface area contributed by atoms with Gasteiger partial charge in [-0.1, -0.05) is 0 Å². The Morgan fingerprint density at radius 2 is 2.12 bits per heavy atom. The number of nitrogens with zero attached hydrogens (tertiary/aromatic N) is 2. The van der Waals surface area contributed by atoms with Crippen LogP contribution >= 0.6 is 0 Å². The van der Waals surface area contributed by atoms with Gasteiger partial charge in [0.25, 0.3) is 0 Å². The summed E-state index contributed by atoms with van der Waals surface area (Å²) in [5, 5.41) is 0. The second-order valence-electron chi connectivity index (χ2n) is 3.05. The Kier molecular flexibility index (Phi) is 2.86. The standard InChI is InChI=1S/C11H11N3O2/c1-15-10-6-8(2-3-9(10)12)16-11-7-13-4-5-14-11/h2-7H,12H2,1H3. The maximum absolute atomic E-state index is 5.68. The molecule has 0 bridgehead atoms. The molecular weight excluding hydrogens is 206 g/mol. The van der Waals surface area contributed by atoms with Crippen molar-refractivity contribution in [2.75, 3.05) is 12.8 Å². The molecule has 0 fully saturated rings. The summed E-state index contributed by atoms with van der Waals surface area (Å²) < 4.78 is 10.5. The molecule has 5 nitrogen and oxygen atoms in total. The molecular formula is C11H11N3O2. The van der Waals surface area contributed by atoms with Crippen molar-refractivity contribution >= 4 is 5.69 Å². The van der Waals surface area contributed by atoms with Crippen molar-refractivity contribution in [3.8, 4) is 17.4 Å². The molecule has 0 atom stereocenters. The Balaban J connectivity index is 2.22. The summed E-state index contributed by atoms with van der Waals surface area (Å²) >= 11 is 0. The molecule has 1 aromatic heterocycles. The van der Waals surface area contributed by atoms with E-state index in [4.69, 9.17) is 15.2 Å². The van der Waals surface area contributed by atoms with Gasteiger partial charge < -0.3 is 15.2 Å². The molecule has 1 heterocycles. The van der Waals surface area contributed by atoms with E-state index in [0.717, 1.165) is 0 Å². The highest BCUT2D eigenvalue weighted by Crippen LogP contribution is 2.28. The third-order valence-corrected chi connectivity index (χ3v) is 1.97. The number of rotatable bonds is 3. The predicted molar refractivity (Wildman–Crippen MR) is 59.5 cm³/mol. The van der Waals surface area contributed by atoms with Crippen LogP contribution in [0, 0.1) is 0 Å². The second-order valence-corrected chi connectivity index (χ2v) is 3.05. The number of methoxy groups -OCH3 is 1. The summed E-state index contributed by atoms with van der Waals surface area (Å²) in [6.45, 7) is 0. The van der Waals surface area contributed by atoms with E-state index in [1.807, 2.05) is 0 Å². The Hall–Kier alpha value is -2.30. The summed E-state index contributed by atoms with van der Waals surface area (Å²) in [5.41, 5.74) is 6.25. The number of hydrogen-bond donors (Lipinski definition) is 1. The van der Waals surface area contributed by atoms with Gasteiger partial charge in [0.15, 0.2) is 0 Å². The van der Waals surface area contributed by atoms with Crippen LogP contribution in [0.15, 0.2) is 36.8 Å². The summed E-state index contributed by atoms with van der Waals surface area (Å²) in [6.07, 6.45) is 4.67. The van der Waals surface area contributed by atoms with E-state index in [2.05, 4.69) is 9.97 Å². The van der Waals surface area contributed by atoms with Crippen LogP contribution in [0.4, 0.5) is 5.69 Å². The molecule has 0 spiro atoms. The Morgan fingerprint density at radius 3 is 2.81 bits per heavy atom. The van der Waals surface area contributed by atoms with Crippen LogP contribution in [0.25, 0.3) is 0 Å². The van der Waals surface area contributed by atoms with Crippen molar-refractivity contribution < 1.29 is 9.47 Å². The van der Waals surface area contributed by atoms with E-state index in [1.54, 1.807) is 37.7 Å². The van der Waals surface area contributed by atoms with E-state index >= 15 is 0 Å². The molecule has 2 aromatic rings. The molecule has 2 rings (SSSR count). The zero-order valence-corrected chi connectivity index (χ0v) is 8.75. The van der Waals surface area contributed by atoms with Crippen LogP contribution in [0.1, 0.15) is 0 Å². The third kappa shape index (κ3) is 2.20. The largest absolute Gasteiger partial charge is 0.494 e. The van der Waals surface area contributed by atoms with Crippen LogP contribution in [0.2, 0.25) is 0 Å². The minimum absolute atomic E-state index is 0.425. The third-order valence-electron chi connectivity index (χ3n) is 1.97. The highest BCUT2D eigenvalue weighted by atomic mass is 16.5. The topological polar surface area (TPSA) is 70.3 Å². The molecule has 82 valence electrons. The highest BCUT2D eigenvalue weighted by Gasteiger charge is 2.03. The van der Waals surface area contributed by atoms with Gasteiger partial charge in [-0.05, 0) is 12.1 Å². The lowest BCUT2D eigenvalue weighted by Gasteiger charge is -2.07. The first-order valence-corrected chi connectivity index (χ1v) is 4.67. The van der Waals surface area contributed by atoms with Gasteiger partial charge >= 0.3 is 0 Å². The molecule has 0 aliphatic carbocycles. The first-order chi connectivity index (χ1) is 7.79. The van der Waals surface area contributed by atoms with E-state index in [0.29, 0.717) is 23.1 Å². The SMILES string of the molecule is COc1cc(Oc2cnccn2)ccc1N. The predicted octanol–water partition coefficient (Wildman–Crippen LogP) is 1.86. The number of hydrogen-bond acceptors (Lipinski definition) is 5. The van der Waals surface area contributed by atoms with Crippen LogP contribution in [0.5, 0.6) is 17.4 Å². The van der Waals surface area contributed by atoms with Crippen molar-refractivity contribution in [2.24, 2.45) is 0 Å². The van der Waals surface area contributed by atoms with Crippen LogP contribution in [0.3, 0.4) is 0 Å². The Labute approximate surface area is 92.9 Å². The number of benzene rings is 1. The smallest absolute Gasteiger partial charge is 0.237 e. The first kappa shape index (κ1) is 10.2. The van der Waals surface area contributed by atoms with Crippen LogP contribution < -0.4 is 15.2 Å². The number of anilines is 1. The maximum atomic E-state index is 5.68. The van der Waals surface area contributed by atoms with Gasteiger partial charge in [-0.3, -0.25) is 4.98 Å². The fourth-order valence-corrected chi connectivity index (χ4v) is 1.21. The van der Waals surface area contributed by atoms with E-state index < -0.39 is 0 Å². The van der Waals surface area contributed by atoms with Gasteiger partial charge in [0, 0.05) is 18.5 Å². The Morgan fingerprint density at radius 1 is 1.25 bits per heavy atom. The summed E-state index contributed by atoms with van der Waals surface area (Å²) in [6, 6.07) is 5.15. The number of nitrogen functional groups attached to an aromatic ring is 1. The van der Waals surface area contributed by atoms with Crippen LogP contribution in [-0.2, 0) is 0 Å². The average Bonchev–Trinajstić information content (AvgIpc) is 2.33. The second kappa shape index (κ2) is 4.48. The molecule has 1 aromatic carbocycles. The minimum atomic E-state index is 0.425. The van der Waals surface area contributed by atoms with Crippen molar-refractivity contribution in [1.82, 2.24) is 9.97 Å². The molecule has 0 saturated carbocycles. The van der Waals surface area contributed by atoms with Crippen LogP contribution in [-0.4, -0.2) is 17.1 Å². The number of ether oxygens (including phenoxy) is 2. The van der Waals surface area contributed by atoms with Gasteiger partial charge in [0.1, 0.15) is 11.5 Å². The molecule has 0 unspecified atom stereocenters. The Bertz CT molecular complexity index is 474. The lowest BCUT2D eigenvalue weighted by molar-refractivity contribution is 0.409. The average molecular weight is 217 g/mol.